The van der Waals surface area contributed by atoms with Gasteiger partial charge in [-0.15, -0.1) is 10.2 Å². The van der Waals surface area contributed by atoms with Gasteiger partial charge in [0.2, 0.25) is 0 Å². The summed E-state index contributed by atoms with van der Waals surface area (Å²) in [5, 5.41) is 12.3. The summed E-state index contributed by atoms with van der Waals surface area (Å²) in [6.45, 7) is 1.55. The minimum Gasteiger partial charge on any atom is -0.288 e. The number of carbonyl (C=O) groups is 1. The van der Waals surface area contributed by atoms with Crippen LogP contribution in [0.3, 0.4) is 0 Å². The second-order valence-corrected chi connectivity index (χ2v) is 5.44. The van der Waals surface area contributed by atoms with Gasteiger partial charge in [-0.1, -0.05) is 35.2 Å². The topological polar surface area (TPSA) is 60.7 Å². The van der Waals surface area contributed by atoms with E-state index in [1.54, 1.807) is 36.1 Å². The molecule has 0 radical (unpaired) electrons. The summed E-state index contributed by atoms with van der Waals surface area (Å²) in [7, 11) is 0. The molecule has 0 aliphatic rings. The van der Waals surface area contributed by atoms with Crippen LogP contribution in [0.25, 0.3) is 5.82 Å². The van der Waals surface area contributed by atoms with Gasteiger partial charge in [0.05, 0.1) is 11.8 Å². The van der Waals surface area contributed by atoms with Crippen LogP contribution >= 0.6 is 23.4 Å². The minimum absolute atomic E-state index is 0.112. The van der Waals surface area contributed by atoms with Crippen LogP contribution in [0, 0.1) is 11.8 Å². The highest BCUT2D eigenvalue weighted by molar-refractivity contribution is 8.13. The summed E-state index contributed by atoms with van der Waals surface area (Å²) >= 11 is 6.95. The van der Waals surface area contributed by atoms with E-state index in [9.17, 15) is 4.79 Å². The van der Waals surface area contributed by atoms with Gasteiger partial charge in [-0.3, -0.25) is 4.79 Å². The van der Waals surface area contributed by atoms with Gasteiger partial charge in [-0.05, 0) is 12.1 Å². The number of thioether (sulfide) groups is 1. The van der Waals surface area contributed by atoms with E-state index in [4.69, 9.17) is 11.6 Å². The summed E-state index contributed by atoms with van der Waals surface area (Å²) in [6.07, 6.45) is 4.08. The van der Waals surface area contributed by atoms with Crippen LogP contribution in [0.2, 0.25) is 5.15 Å². The third kappa shape index (κ3) is 4.37. The largest absolute Gasteiger partial charge is 0.288 e. The Hall–Kier alpha value is -1.84. The Kier molecular flexibility index (Phi) is 5.16. The van der Waals surface area contributed by atoms with Gasteiger partial charge < -0.3 is 0 Å². The van der Waals surface area contributed by atoms with E-state index in [1.807, 2.05) is 0 Å². The molecule has 0 fully saturated rings. The monoisotopic (exact) mass is 306 g/mol. The molecule has 0 saturated carbocycles. The van der Waals surface area contributed by atoms with E-state index in [-0.39, 0.29) is 5.12 Å². The molecule has 5 nitrogen and oxygen atoms in total. The molecule has 0 aliphatic carbocycles. The molecule has 2 aromatic heterocycles. The van der Waals surface area contributed by atoms with E-state index in [0.29, 0.717) is 23.1 Å². The van der Waals surface area contributed by atoms with Gasteiger partial charge in [0.1, 0.15) is 0 Å². The molecule has 0 atom stereocenters. The quantitative estimate of drug-likeness (QED) is 0.643. The smallest absolute Gasteiger partial charge is 0.185 e. The molecular weight excluding hydrogens is 296 g/mol. The highest BCUT2D eigenvalue weighted by atomic mass is 35.5. The lowest BCUT2D eigenvalue weighted by molar-refractivity contribution is -0.109. The Bertz CT molecular complexity index is 657. The molecule has 0 aromatic carbocycles. The van der Waals surface area contributed by atoms with E-state index in [1.165, 1.54) is 11.8 Å². The Morgan fingerprint density at radius 1 is 1.45 bits per heavy atom. The van der Waals surface area contributed by atoms with Crippen LogP contribution in [-0.2, 0) is 4.79 Å². The van der Waals surface area contributed by atoms with Crippen LogP contribution in [0.15, 0.2) is 24.5 Å². The van der Waals surface area contributed by atoms with Crippen molar-refractivity contribution in [2.45, 2.75) is 13.3 Å². The lowest BCUT2D eigenvalue weighted by Gasteiger charge is -1.96. The van der Waals surface area contributed by atoms with Crippen LogP contribution in [0.4, 0.5) is 0 Å². The van der Waals surface area contributed by atoms with Crippen LogP contribution < -0.4 is 0 Å². The van der Waals surface area contributed by atoms with Crippen molar-refractivity contribution in [3.8, 4) is 17.7 Å². The van der Waals surface area contributed by atoms with Gasteiger partial charge in [0.25, 0.3) is 0 Å². The molecule has 102 valence electrons. The van der Waals surface area contributed by atoms with Gasteiger partial charge in [0, 0.05) is 25.3 Å². The van der Waals surface area contributed by atoms with Crippen molar-refractivity contribution in [3.63, 3.8) is 0 Å². The standard InChI is InChI=1S/C13H11ClN4OS/c1-10(19)20-7-3-2-4-11-8-15-18(9-11)13-6-5-12(14)16-17-13/h5-6,8-9H,3,7H2,1H3. The lowest BCUT2D eigenvalue weighted by Crippen LogP contribution is -1.98. The number of hydrogen-bond acceptors (Lipinski definition) is 5. The molecule has 7 heteroatoms. The molecule has 2 aromatic rings. The molecule has 0 aliphatic heterocycles. The maximum atomic E-state index is 10.7. The molecule has 0 bridgehead atoms. The average molecular weight is 307 g/mol. The number of nitrogens with zero attached hydrogens (tertiary/aromatic N) is 4. The van der Waals surface area contributed by atoms with E-state index < -0.39 is 0 Å². The lowest BCUT2D eigenvalue weighted by atomic mass is 10.3. The Balaban J connectivity index is 1.97. The Morgan fingerprint density at radius 3 is 3.00 bits per heavy atom. The predicted molar refractivity (Wildman–Crippen MR) is 78.8 cm³/mol. The van der Waals surface area contributed by atoms with E-state index in [0.717, 1.165) is 5.56 Å². The first-order chi connectivity index (χ1) is 9.65. The van der Waals surface area contributed by atoms with E-state index in [2.05, 4.69) is 27.1 Å². The summed E-state index contributed by atoms with van der Waals surface area (Å²) in [5.41, 5.74) is 0.787. The van der Waals surface area contributed by atoms with E-state index >= 15 is 0 Å². The second kappa shape index (κ2) is 7.08. The van der Waals surface area contributed by atoms with Crippen LogP contribution in [0.5, 0.6) is 0 Å². The maximum Gasteiger partial charge on any atom is 0.185 e. The van der Waals surface area contributed by atoms with Gasteiger partial charge in [-0.2, -0.15) is 5.10 Å². The normalized spacial score (nSPS) is 9.90. The fourth-order valence-corrected chi connectivity index (χ4v) is 1.95. The molecular formula is C13H11ClN4OS. The number of hydrogen-bond donors (Lipinski definition) is 0. The Morgan fingerprint density at radius 2 is 2.30 bits per heavy atom. The molecule has 0 amide bonds. The van der Waals surface area contributed by atoms with Crippen LogP contribution in [0.1, 0.15) is 18.9 Å². The average Bonchev–Trinajstić information content (AvgIpc) is 2.87. The summed E-state index contributed by atoms with van der Waals surface area (Å²) in [5.74, 6) is 7.27. The first-order valence-electron chi connectivity index (χ1n) is 5.81. The third-order valence-corrected chi connectivity index (χ3v) is 3.22. The van der Waals surface area contributed by atoms with Crippen molar-refractivity contribution >= 4 is 28.5 Å². The van der Waals surface area contributed by atoms with Crippen molar-refractivity contribution in [1.82, 2.24) is 20.0 Å². The SMILES string of the molecule is CC(=O)SCCC#Cc1cnn(-c2ccc(Cl)nn2)c1. The summed E-state index contributed by atoms with van der Waals surface area (Å²) in [4.78, 5) is 10.7. The first-order valence-corrected chi connectivity index (χ1v) is 7.18. The molecule has 0 saturated heterocycles. The zero-order chi connectivity index (χ0) is 14.4. The fraction of sp³-hybridized carbons (Fsp3) is 0.231. The van der Waals surface area contributed by atoms with Crippen LogP contribution in [-0.4, -0.2) is 30.8 Å². The molecule has 0 unspecified atom stereocenters. The number of aromatic nitrogens is 4. The molecule has 2 heterocycles. The highest BCUT2D eigenvalue weighted by Gasteiger charge is 2.01. The first kappa shape index (κ1) is 14.6. The number of halogens is 1. The highest BCUT2D eigenvalue weighted by Crippen LogP contribution is 2.07. The molecule has 2 rings (SSSR count). The molecule has 0 N–H and O–H groups in total. The van der Waals surface area contributed by atoms with Crippen molar-refractivity contribution in [2.24, 2.45) is 0 Å². The second-order valence-electron chi connectivity index (χ2n) is 3.78. The van der Waals surface area contributed by atoms with Crippen molar-refractivity contribution in [1.29, 1.82) is 0 Å². The molecule has 20 heavy (non-hydrogen) atoms. The molecule has 0 spiro atoms. The van der Waals surface area contributed by atoms with Crippen molar-refractivity contribution < 1.29 is 4.79 Å². The van der Waals surface area contributed by atoms with Gasteiger partial charge in [0.15, 0.2) is 16.1 Å². The summed E-state index contributed by atoms with van der Waals surface area (Å²) in [6, 6.07) is 3.37. The Labute approximate surface area is 125 Å². The number of rotatable bonds is 3. The third-order valence-electron chi connectivity index (χ3n) is 2.20. The minimum atomic E-state index is 0.112. The summed E-state index contributed by atoms with van der Waals surface area (Å²) < 4.78 is 1.58. The fourth-order valence-electron chi connectivity index (χ4n) is 1.35. The zero-order valence-electron chi connectivity index (χ0n) is 10.7. The van der Waals surface area contributed by atoms with Gasteiger partial charge in [-0.25, -0.2) is 4.68 Å². The number of carbonyl (C=O) groups excluding carboxylic acids is 1. The predicted octanol–water partition coefficient (Wildman–Crippen LogP) is 2.34. The van der Waals surface area contributed by atoms with Crippen molar-refractivity contribution in [2.75, 3.05) is 5.75 Å². The van der Waals surface area contributed by atoms with Crippen molar-refractivity contribution in [3.05, 3.63) is 35.2 Å². The van der Waals surface area contributed by atoms with Gasteiger partial charge >= 0.3 is 0 Å². The maximum absolute atomic E-state index is 10.7. The zero-order valence-corrected chi connectivity index (χ0v) is 12.3.